The van der Waals surface area contributed by atoms with Crippen LogP contribution in [-0.4, -0.2) is 74.2 Å². The lowest BCUT2D eigenvalue weighted by Crippen LogP contribution is -2.50. The second-order valence-electron chi connectivity index (χ2n) is 6.38. The van der Waals surface area contributed by atoms with Crippen LogP contribution in [0.2, 0.25) is 0 Å². The lowest BCUT2D eigenvalue weighted by Gasteiger charge is -2.34. The first-order chi connectivity index (χ1) is 11.9. The van der Waals surface area contributed by atoms with E-state index >= 15 is 0 Å². The van der Waals surface area contributed by atoms with E-state index in [2.05, 4.69) is 18.7 Å². The summed E-state index contributed by atoms with van der Waals surface area (Å²) in [6.07, 6.45) is 0.492. The fraction of sp³-hybridized carbons (Fsp3) is 0.611. The quantitative estimate of drug-likeness (QED) is 0.734. The molecule has 25 heavy (non-hydrogen) atoms. The van der Waals surface area contributed by atoms with E-state index in [-0.39, 0.29) is 5.91 Å². The summed E-state index contributed by atoms with van der Waals surface area (Å²) in [5.74, 6) is 0.111. The molecule has 0 aliphatic carbocycles. The van der Waals surface area contributed by atoms with Gasteiger partial charge in [0.25, 0.3) is 0 Å². The number of carbonyl (C=O) groups is 1. The van der Waals surface area contributed by atoms with Crippen LogP contribution in [0.15, 0.2) is 29.2 Å². The minimum atomic E-state index is -3.48. The van der Waals surface area contributed by atoms with Crippen molar-refractivity contribution in [3.05, 3.63) is 29.8 Å². The summed E-state index contributed by atoms with van der Waals surface area (Å²) in [5.41, 5.74) is 0.922. The Morgan fingerprint density at radius 1 is 1.12 bits per heavy atom. The summed E-state index contributed by atoms with van der Waals surface area (Å²) in [4.78, 5) is 16.7. The van der Waals surface area contributed by atoms with Crippen molar-refractivity contribution in [2.75, 3.05) is 45.8 Å². The van der Waals surface area contributed by atoms with E-state index in [9.17, 15) is 13.2 Å². The number of sulfonamides is 1. The number of hydrogen-bond acceptors (Lipinski definition) is 4. The zero-order valence-corrected chi connectivity index (χ0v) is 16.3. The van der Waals surface area contributed by atoms with Crippen molar-refractivity contribution in [1.29, 1.82) is 0 Å². The van der Waals surface area contributed by atoms with Gasteiger partial charge in [-0.3, -0.25) is 4.79 Å². The zero-order chi connectivity index (χ0) is 18.4. The van der Waals surface area contributed by atoms with Gasteiger partial charge in [0.1, 0.15) is 0 Å². The lowest BCUT2D eigenvalue weighted by molar-refractivity contribution is -0.132. The van der Waals surface area contributed by atoms with Crippen LogP contribution in [0.25, 0.3) is 0 Å². The number of carbonyl (C=O) groups excluding carboxylic acids is 1. The van der Waals surface area contributed by atoms with Crippen molar-refractivity contribution >= 4 is 15.9 Å². The molecule has 0 radical (unpaired) electrons. The van der Waals surface area contributed by atoms with Crippen molar-refractivity contribution in [2.45, 2.75) is 32.1 Å². The summed E-state index contributed by atoms with van der Waals surface area (Å²) in [6, 6.07) is 6.96. The van der Waals surface area contributed by atoms with Gasteiger partial charge in [0.15, 0.2) is 0 Å². The van der Waals surface area contributed by atoms with Gasteiger partial charge in [-0.2, -0.15) is 4.31 Å². The van der Waals surface area contributed by atoms with Gasteiger partial charge in [-0.1, -0.05) is 26.0 Å². The van der Waals surface area contributed by atoms with Crippen molar-refractivity contribution < 1.29 is 13.2 Å². The smallest absolute Gasteiger partial charge is 0.243 e. The summed E-state index contributed by atoms with van der Waals surface area (Å²) in [6.45, 7) is 10.3. The molecular formula is C18H29N3O3S. The van der Waals surface area contributed by atoms with Gasteiger partial charge >= 0.3 is 0 Å². The van der Waals surface area contributed by atoms with Gasteiger partial charge in [-0.25, -0.2) is 8.42 Å². The Balaban J connectivity index is 1.91. The van der Waals surface area contributed by atoms with E-state index in [0.717, 1.165) is 25.2 Å². The molecule has 6 nitrogen and oxygen atoms in total. The lowest BCUT2D eigenvalue weighted by atomic mass is 10.2. The first-order valence-corrected chi connectivity index (χ1v) is 10.4. The Hall–Kier alpha value is -1.44. The Morgan fingerprint density at radius 3 is 2.32 bits per heavy atom. The number of benzene rings is 1. The number of aryl methyl sites for hydroxylation is 1. The average molecular weight is 368 g/mol. The molecule has 0 N–H and O–H groups in total. The minimum absolute atomic E-state index is 0.111. The molecule has 1 fully saturated rings. The van der Waals surface area contributed by atoms with Crippen LogP contribution in [-0.2, 0) is 14.8 Å². The van der Waals surface area contributed by atoms with E-state index in [1.165, 1.54) is 4.31 Å². The molecule has 1 saturated heterocycles. The molecule has 1 aromatic carbocycles. The van der Waals surface area contributed by atoms with Crippen LogP contribution in [0.5, 0.6) is 0 Å². The molecule has 0 unspecified atom stereocenters. The first kappa shape index (κ1) is 19.9. The average Bonchev–Trinajstić information content (AvgIpc) is 2.62. The van der Waals surface area contributed by atoms with Crippen LogP contribution in [0.1, 0.15) is 25.8 Å². The summed E-state index contributed by atoms with van der Waals surface area (Å²) in [5, 5.41) is 0. The Labute approximate surface area is 151 Å². The maximum absolute atomic E-state index is 12.7. The second-order valence-corrected chi connectivity index (χ2v) is 8.32. The monoisotopic (exact) mass is 367 g/mol. The summed E-state index contributed by atoms with van der Waals surface area (Å²) >= 11 is 0. The summed E-state index contributed by atoms with van der Waals surface area (Å²) < 4.78 is 26.9. The number of piperazine rings is 1. The predicted octanol–water partition coefficient (Wildman–Crippen LogP) is 1.56. The molecule has 0 spiro atoms. The highest BCUT2D eigenvalue weighted by Crippen LogP contribution is 2.19. The Bertz CT molecular complexity index is 679. The third-order valence-electron chi connectivity index (χ3n) is 4.75. The van der Waals surface area contributed by atoms with Crippen LogP contribution in [0, 0.1) is 6.92 Å². The molecule has 0 atom stereocenters. The number of rotatable bonds is 7. The predicted molar refractivity (Wildman–Crippen MR) is 98.9 cm³/mol. The Kier molecular flexibility index (Phi) is 6.98. The van der Waals surface area contributed by atoms with Crippen molar-refractivity contribution in [1.82, 2.24) is 14.1 Å². The van der Waals surface area contributed by atoms with Crippen LogP contribution >= 0.6 is 0 Å². The first-order valence-electron chi connectivity index (χ1n) is 8.95. The Morgan fingerprint density at radius 2 is 1.76 bits per heavy atom. The third kappa shape index (κ3) is 5.03. The fourth-order valence-electron chi connectivity index (χ4n) is 3.05. The number of amides is 1. The van der Waals surface area contributed by atoms with Crippen LogP contribution in [0.4, 0.5) is 0 Å². The molecule has 0 aromatic heterocycles. The van der Waals surface area contributed by atoms with E-state index in [0.29, 0.717) is 37.5 Å². The SMILES string of the molecule is CCN(CC)CCC(=O)N1CCN(S(=O)(=O)c2cccc(C)c2)CC1. The molecule has 1 aliphatic heterocycles. The van der Waals surface area contributed by atoms with E-state index < -0.39 is 10.0 Å². The van der Waals surface area contributed by atoms with Crippen molar-refractivity contribution in [3.63, 3.8) is 0 Å². The van der Waals surface area contributed by atoms with Gasteiger partial charge < -0.3 is 9.80 Å². The molecule has 1 heterocycles. The van der Waals surface area contributed by atoms with Crippen LogP contribution in [0.3, 0.4) is 0 Å². The van der Waals surface area contributed by atoms with Gasteiger partial charge in [0, 0.05) is 39.1 Å². The van der Waals surface area contributed by atoms with E-state index in [1.807, 2.05) is 13.0 Å². The molecule has 0 saturated carbocycles. The normalized spacial score (nSPS) is 16.4. The molecule has 1 aliphatic rings. The molecule has 1 amide bonds. The zero-order valence-electron chi connectivity index (χ0n) is 15.4. The minimum Gasteiger partial charge on any atom is -0.340 e. The number of hydrogen-bond donors (Lipinski definition) is 0. The van der Waals surface area contributed by atoms with Gasteiger partial charge in [0.05, 0.1) is 4.90 Å². The largest absolute Gasteiger partial charge is 0.340 e. The molecule has 0 bridgehead atoms. The molecule has 7 heteroatoms. The van der Waals surface area contributed by atoms with Gasteiger partial charge in [-0.05, 0) is 37.7 Å². The van der Waals surface area contributed by atoms with Crippen molar-refractivity contribution in [3.8, 4) is 0 Å². The second kappa shape index (κ2) is 8.78. The fourth-order valence-corrected chi connectivity index (χ4v) is 4.58. The third-order valence-corrected chi connectivity index (χ3v) is 6.65. The molecular weight excluding hydrogens is 338 g/mol. The van der Waals surface area contributed by atoms with E-state index in [4.69, 9.17) is 0 Å². The molecule has 2 rings (SSSR count). The summed E-state index contributed by atoms with van der Waals surface area (Å²) in [7, 11) is -3.48. The molecule has 1 aromatic rings. The standard InChI is InChI=1S/C18H29N3O3S/c1-4-19(5-2)10-9-18(22)20-11-13-21(14-12-20)25(23,24)17-8-6-7-16(3)15-17/h6-8,15H,4-5,9-14H2,1-3H3. The topological polar surface area (TPSA) is 60.9 Å². The highest BCUT2D eigenvalue weighted by atomic mass is 32.2. The van der Waals surface area contributed by atoms with E-state index in [1.54, 1.807) is 23.1 Å². The number of nitrogens with zero attached hydrogens (tertiary/aromatic N) is 3. The van der Waals surface area contributed by atoms with Crippen molar-refractivity contribution in [2.24, 2.45) is 0 Å². The van der Waals surface area contributed by atoms with Gasteiger partial charge in [-0.15, -0.1) is 0 Å². The van der Waals surface area contributed by atoms with Crippen LogP contribution < -0.4 is 0 Å². The molecule has 140 valence electrons. The van der Waals surface area contributed by atoms with Gasteiger partial charge in [0.2, 0.25) is 15.9 Å². The highest BCUT2D eigenvalue weighted by Gasteiger charge is 2.30. The maximum atomic E-state index is 12.7. The highest BCUT2D eigenvalue weighted by molar-refractivity contribution is 7.89. The maximum Gasteiger partial charge on any atom is 0.243 e.